The lowest BCUT2D eigenvalue weighted by atomic mass is 9.86. The molecule has 0 aliphatic carbocycles. The Labute approximate surface area is 137 Å². The topological polar surface area (TPSA) is 53.4 Å². The van der Waals surface area contributed by atoms with Gasteiger partial charge in [-0.25, -0.2) is 4.79 Å². The Morgan fingerprint density at radius 3 is 2.13 bits per heavy atom. The van der Waals surface area contributed by atoms with E-state index in [1.54, 1.807) is 13.0 Å². The van der Waals surface area contributed by atoms with Crippen LogP contribution in [0.15, 0.2) is 30.3 Å². The van der Waals surface area contributed by atoms with Gasteiger partial charge >= 0.3 is 5.97 Å². The molecule has 1 heterocycles. The smallest absolute Gasteiger partial charge is 0.337 e. The van der Waals surface area contributed by atoms with Gasteiger partial charge in [-0.2, -0.15) is 0 Å². The van der Waals surface area contributed by atoms with E-state index in [9.17, 15) is 9.90 Å². The van der Waals surface area contributed by atoms with E-state index in [-0.39, 0.29) is 11.0 Å². The average molecular weight is 312 g/mol. The van der Waals surface area contributed by atoms with Gasteiger partial charge in [-0.15, -0.1) is 0 Å². The summed E-state index contributed by atoms with van der Waals surface area (Å²) in [4.78, 5) is 17.8. The highest BCUT2D eigenvalue weighted by molar-refractivity contribution is 5.92. The van der Waals surface area contributed by atoms with Crippen molar-refractivity contribution < 1.29 is 9.90 Å². The van der Waals surface area contributed by atoms with E-state index in [1.807, 2.05) is 19.0 Å². The lowest BCUT2D eigenvalue weighted by Gasteiger charge is -2.21. The van der Waals surface area contributed by atoms with Crippen molar-refractivity contribution in [3.63, 3.8) is 0 Å². The second-order valence-corrected chi connectivity index (χ2v) is 7.02. The molecule has 1 N–H and O–H groups in total. The summed E-state index contributed by atoms with van der Waals surface area (Å²) in [5.74, 6) is -0.951. The zero-order valence-corrected chi connectivity index (χ0v) is 14.6. The van der Waals surface area contributed by atoms with Gasteiger partial charge in [0, 0.05) is 19.7 Å². The number of aromatic nitrogens is 1. The molecular formula is C19H24N2O2. The van der Waals surface area contributed by atoms with Crippen molar-refractivity contribution >= 4 is 11.7 Å². The van der Waals surface area contributed by atoms with E-state index in [4.69, 9.17) is 0 Å². The van der Waals surface area contributed by atoms with Gasteiger partial charge in [0.1, 0.15) is 0 Å². The Morgan fingerprint density at radius 2 is 1.70 bits per heavy atom. The number of rotatable bonds is 3. The highest BCUT2D eigenvalue weighted by Crippen LogP contribution is 2.32. The second kappa shape index (κ2) is 6.03. The van der Waals surface area contributed by atoms with Gasteiger partial charge in [0.2, 0.25) is 0 Å². The number of benzene rings is 1. The largest absolute Gasteiger partial charge is 0.478 e. The molecule has 122 valence electrons. The van der Waals surface area contributed by atoms with E-state index >= 15 is 0 Å². The van der Waals surface area contributed by atoms with Crippen LogP contribution in [0.25, 0.3) is 11.3 Å². The minimum atomic E-state index is -0.951. The molecule has 0 aliphatic rings. The van der Waals surface area contributed by atoms with E-state index < -0.39 is 5.97 Å². The van der Waals surface area contributed by atoms with Gasteiger partial charge in [0.25, 0.3) is 0 Å². The molecule has 4 nitrogen and oxygen atoms in total. The van der Waals surface area contributed by atoms with Crippen LogP contribution in [0.2, 0.25) is 0 Å². The van der Waals surface area contributed by atoms with Crippen molar-refractivity contribution in [1.82, 2.24) is 4.98 Å². The second-order valence-electron chi connectivity index (χ2n) is 7.02. The fraction of sp³-hybridized carbons (Fsp3) is 0.368. The van der Waals surface area contributed by atoms with Gasteiger partial charge in [0.15, 0.2) is 0 Å². The Bertz CT molecular complexity index is 726. The first-order valence-electron chi connectivity index (χ1n) is 7.64. The third-order valence-electron chi connectivity index (χ3n) is 3.93. The molecule has 1 aromatic carbocycles. The molecule has 0 bridgehead atoms. The summed E-state index contributed by atoms with van der Waals surface area (Å²) in [6.45, 7) is 8.27. The fourth-order valence-electron chi connectivity index (χ4n) is 2.49. The Hall–Kier alpha value is -2.36. The van der Waals surface area contributed by atoms with Crippen LogP contribution in [0.1, 0.15) is 42.4 Å². The first-order chi connectivity index (χ1) is 10.6. The molecular weight excluding hydrogens is 288 g/mol. The van der Waals surface area contributed by atoms with E-state index in [0.29, 0.717) is 5.69 Å². The molecule has 0 unspecified atom stereocenters. The summed E-state index contributed by atoms with van der Waals surface area (Å²) >= 11 is 0. The number of aromatic carboxylic acids is 1. The van der Waals surface area contributed by atoms with Crippen LogP contribution in [0.3, 0.4) is 0 Å². The van der Waals surface area contributed by atoms with Crippen molar-refractivity contribution in [3.05, 3.63) is 47.2 Å². The van der Waals surface area contributed by atoms with Crippen LogP contribution in [0.5, 0.6) is 0 Å². The van der Waals surface area contributed by atoms with E-state index in [2.05, 4.69) is 50.0 Å². The van der Waals surface area contributed by atoms with Crippen LogP contribution in [-0.2, 0) is 5.41 Å². The van der Waals surface area contributed by atoms with Crippen molar-refractivity contribution in [1.29, 1.82) is 0 Å². The summed E-state index contributed by atoms with van der Waals surface area (Å²) in [7, 11) is 3.79. The fourth-order valence-corrected chi connectivity index (χ4v) is 2.49. The maximum atomic E-state index is 11.3. The zero-order valence-electron chi connectivity index (χ0n) is 14.6. The zero-order chi connectivity index (χ0) is 17.4. The molecule has 1 aromatic heterocycles. The number of carbonyl (C=O) groups is 1. The molecule has 0 atom stereocenters. The number of pyridine rings is 1. The van der Waals surface area contributed by atoms with Crippen molar-refractivity contribution in [2.45, 2.75) is 33.1 Å². The summed E-state index contributed by atoms with van der Waals surface area (Å²) < 4.78 is 0. The predicted molar refractivity (Wildman–Crippen MR) is 94.4 cm³/mol. The molecule has 0 aliphatic heterocycles. The van der Waals surface area contributed by atoms with Crippen molar-refractivity contribution in [3.8, 4) is 11.3 Å². The maximum absolute atomic E-state index is 11.3. The number of hydrogen-bond acceptors (Lipinski definition) is 3. The van der Waals surface area contributed by atoms with E-state index in [0.717, 1.165) is 16.9 Å². The Balaban J connectivity index is 2.58. The normalized spacial score (nSPS) is 11.4. The third-order valence-corrected chi connectivity index (χ3v) is 3.93. The molecule has 0 fully saturated rings. The Morgan fingerprint density at radius 1 is 1.13 bits per heavy atom. The van der Waals surface area contributed by atoms with Crippen molar-refractivity contribution in [2.24, 2.45) is 0 Å². The van der Waals surface area contributed by atoms with Gasteiger partial charge < -0.3 is 10.0 Å². The molecule has 0 saturated heterocycles. The molecule has 2 rings (SSSR count). The number of hydrogen-bond donors (Lipinski definition) is 1. The molecule has 2 aromatic rings. The molecule has 0 radical (unpaired) electrons. The first-order valence-corrected chi connectivity index (χ1v) is 7.64. The summed E-state index contributed by atoms with van der Waals surface area (Å²) in [6, 6.07) is 10.0. The molecule has 0 spiro atoms. The van der Waals surface area contributed by atoms with Crippen LogP contribution in [0, 0.1) is 6.92 Å². The maximum Gasteiger partial charge on any atom is 0.337 e. The van der Waals surface area contributed by atoms with Crippen LogP contribution in [0.4, 0.5) is 5.69 Å². The molecule has 0 amide bonds. The number of nitrogens with zero attached hydrogens (tertiary/aromatic N) is 2. The summed E-state index contributed by atoms with van der Waals surface area (Å²) in [6.07, 6.45) is 0. The number of aryl methyl sites for hydroxylation is 1. The van der Waals surface area contributed by atoms with Crippen molar-refractivity contribution in [2.75, 3.05) is 19.0 Å². The molecule has 4 heteroatoms. The van der Waals surface area contributed by atoms with Crippen LogP contribution >= 0.6 is 0 Å². The standard InChI is InChI=1S/C19H24N2O2/c1-12-15(18(22)23)11-16(21(5)6)17(20-12)13-7-9-14(10-8-13)19(2,3)4/h7-11H,1-6H3,(H,22,23). The number of anilines is 1. The number of carboxylic acids is 1. The lowest BCUT2D eigenvalue weighted by Crippen LogP contribution is -2.14. The number of carboxylic acid groups (broad SMARTS) is 1. The van der Waals surface area contributed by atoms with Gasteiger partial charge in [-0.3, -0.25) is 4.98 Å². The third kappa shape index (κ3) is 3.52. The van der Waals surface area contributed by atoms with Crippen LogP contribution < -0.4 is 4.90 Å². The summed E-state index contributed by atoms with van der Waals surface area (Å²) in [5.41, 5.74) is 4.71. The predicted octanol–water partition coefficient (Wildman–Crippen LogP) is 4.12. The van der Waals surface area contributed by atoms with Crippen LogP contribution in [-0.4, -0.2) is 30.2 Å². The minimum absolute atomic E-state index is 0.0966. The quantitative estimate of drug-likeness (QED) is 0.926. The highest BCUT2D eigenvalue weighted by Gasteiger charge is 2.18. The molecule has 0 saturated carbocycles. The SMILES string of the molecule is Cc1nc(-c2ccc(C(C)(C)C)cc2)c(N(C)C)cc1C(=O)O. The van der Waals surface area contributed by atoms with Gasteiger partial charge in [-0.1, -0.05) is 45.0 Å². The first kappa shape index (κ1) is 17.0. The summed E-state index contributed by atoms with van der Waals surface area (Å²) in [5, 5.41) is 9.30. The monoisotopic (exact) mass is 312 g/mol. The highest BCUT2D eigenvalue weighted by atomic mass is 16.4. The van der Waals surface area contributed by atoms with E-state index in [1.165, 1.54) is 5.56 Å². The minimum Gasteiger partial charge on any atom is -0.478 e. The Kier molecular flexibility index (Phi) is 4.46. The van der Waals surface area contributed by atoms with Gasteiger partial charge in [-0.05, 0) is 24.0 Å². The molecule has 23 heavy (non-hydrogen) atoms. The average Bonchev–Trinajstić information content (AvgIpc) is 2.45. The lowest BCUT2D eigenvalue weighted by molar-refractivity contribution is 0.0695. The van der Waals surface area contributed by atoms with Gasteiger partial charge in [0.05, 0.1) is 22.6 Å².